The van der Waals surface area contributed by atoms with Gasteiger partial charge in [0.05, 0.1) is 20.8 Å². The van der Waals surface area contributed by atoms with Crippen LogP contribution >= 0.6 is 53.7 Å². The lowest BCUT2D eigenvalue weighted by Gasteiger charge is -2.17. The predicted octanol–water partition coefficient (Wildman–Crippen LogP) is 9.16. The Hall–Kier alpha value is -1.67. The van der Waals surface area contributed by atoms with Crippen LogP contribution in [-0.4, -0.2) is 0 Å². The standard InChI is InChI=1S/C22H16Cl4NOP/c23-18-11-12-19(24)22(13-18)27-29(28,14-20(25)16-7-3-1-4-8-16)15-21(26)17-9-5-2-6-10-17/h1-15H,(H,27,28)/b20-14+,21-15?. The molecule has 7 heteroatoms. The van der Waals surface area contributed by atoms with Crippen LogP contribution in [0.5, 0.6) is 0 Å². The Morgan fingerprint density at radius 2 is 1.24 bits per heavy atom. The minimum atomic E-state index is -3.41. The van der Waals surface area contributed by atoms with E-state index in [-0.39, 0.29) is 0 Å². The Bertz CT molecular complexity index is 1040. The number of anilines is 1. The highest BCUT2D eigenvalue weighted by Gasteiger charge is 2.21. The van der Waals surface area contributed by atoms with Gasteiger partial charge in [-0.05, 0) is 29.3 Å². The molecule has 3 aromatic carbocycles. The second-order valence-electron chi connectivity index (χ2n) is 6.13. The molecule has 29 heavy (non-hydrogen) atoms. The van der Waals surface area contributed by atoms with Crippen LogP contribution in [0.15, 0.2) is 90.5 Å². The lowest BCUT2D eigenvalue weighted by atomic mass is 10.2. The highest BCUT2D eigenvalue weighted by Crippen LogP contribution is 2.54. The van der Waals surface area contributed by atoms with Crippen molar-refractivity contribution in [3.05, 3.63) is 112 Å². The van der Waals surface area contributed by atoms with E-state index in [4.69, 9.17) is 46.4 Å². The highest BCUT2D eigenvalue weighted by molar-refractivity contribution is 7.72. The van der Waals surface area contributed by atoms with Crippen molar-refractivity contribution >= 4 is 69.4 Å². The number of halogens is 4. The van der Waals surface area contributed by atoms with E-state index in [9.17, 15) is 4.57 Å². The van der Waals surface area contributed by atoms with Gasteiger partial charge < -0.3 is 5.09 Å². The Morgan fingerprint density at radius 3 is 1.72 bits per heavy atom. The molecule has 0 saturated heterocycles. The van der Waals surface area contributed by atoms with Crippen LogP contribution in [-0.2, 0) is 4.57 Å². The smallest absolute Gasteiger partial charge is 0.216 e. The van der Waals surface area contributed by atoms with Crippen molar-refractivity contribution in [1.82, 2.24) is 0 Å². The highest BCUT2D eigenvalue weighted by atomic mass is 35.5. The normalized spacial score (nSPS) is 14.3. The molecule has 0 heterocycles. The van der Waals surface area contributed by atoms with Crippen molar-refractivity contribution < 1.29 is 4.57 Å². The predicted molar refractivity (Wildman–Crippen MR) is 128 cm³/mol. The van der Waals surface area contributed by atoms with E-state index in [0.717, 1.165) is 11.1 Å². The molecule has 0 bridgehead atoms. The molecule has 148 valence electrons. The Morgan fingerprint density at radius 1 is 0.759 bits per heavy atom. The Kier molecular flexibility index (Phi) is 7.51. The summed E-state index contributed by atoms with van der Waals surface area (Å²) in [5.41, 5.74) is 1.89. The fourth-order valence-electron chi connectivity index (χ4n) is 2.55. The van der Waals surface area contributed by atoms with E-state index in [1.54, 1.807) is 18.2 Å². The largest absolute Gasteiger partial charge is 0.329 e. The molecule has 0 spiro atoms. The van der Waals surface area contributed by atoms with E-state index >= 15 is 0 Å². The van der Waals surface area contributed by atoms with Gasteiger partial charge in [0.15, 0.2) is 0 Å². The third-order valence-electron chi connectivity index (χ3n) is 3.93. The van der Waals surface area contributed by atoms with Gasteiger partial charge in [0.1, 0.15) is 0 Å². The van der Waals surface area contributed by atoms with Crippen LogP contribution in [0.1, 0.15) is 11.1 Å². The number of nitrogens with one attached hydrogen (secondary N) is 1. The molecule has 3 rings (SSSR count). The maximum atomic E-state index is 13.9. The Balaban J connectivity index is 2.07. The average Bonchev–Trinajstić information content (AvgIpc) is 2.72. The van der Waals surface area contributed by atoms with Gasteiger partial charge in [0.25, 0.3) is 0 Å². The summed E-state index contributed by atoms with van der Waals surface area (Å²) in [5.74, 6) is 2.93. The number of hydrogen-bond acceptors (Lipinski definition) is 1. The number of hydrogen-bond donors (Lipinski definition) is 1. The molecule has 2 nitrogen and oxygen atoms in total. The van der Waals surface area contributed by atoms with Crippen molar-refractivity contribution in [2.45, 2.75) is 0 Å². The summed E-state index contributed by atoms with van der Waals surface area (Å²) >= 11 is 25.3. The summed E-state index contributed by atoms with van der Waals surface area (Å²) < 4.78 is 13.9. The molecule has 1 N–H and O–H groups in total. The van der Waals surface area contributed by atoms with Gasteiger partial charge in [-0.2, -0.15) is 0 Å². The van der Waals surface area contributed by atoms with Gasteiger partial charge in [-0.1, -0.05) is 107 Å². The van der Waals surface area contributed by atoms with E-state index in [0.29, 0.717) is 25.8 Å². The van der Waals surface area contributed by atoms with Gasteiger partial charge in [0.2, 0.25) is 7.29 Å². The molecule has 0 radical (unpaired) electrons. The van der Waals surface area contributed by atoms with Crippen LogP contribution in [0.4, 0.5) is 5.69 Å². The van der Waals surface area contributed by atoms with Gasteiger partial charge in [-0.3, -0.25) is 4.57 Å². The summed E-state index contributed by atoms with van der Waals surface area (Å²) in [5, 5.41) is 4.47. The van der Waals surface area contributed by atoms with E-state index < -0.39 is 7.29 Å². The molecule has 1 unspecified atom stereocenters. The molecular formula is C22H16Cl4NOP. The van der Waals surface area contributed by atoms with Crippen LogP contribution in [0, 0.1) is 0 Å². The van der Waals surface area contributed by atoms with Crippen LogP contribution in [0.2, 0.25) is 10.0 Å². The monoisotopic (exact) mass is 481 g/mol. The summed E-state index contributed by atoms with van der Waals surface area (Å²) in [4.78, 5) is 0. The lowest BCUT2D eigenvalue weighted by Crippen LogP contribution is -1.95. The summed E-state index contributed by atoms with van der Waals surface area (Å²) in [7, 11) is -3.41. The zero-order chi connectivity index (χ0) is 20.9. The molecule has 0 fully saturated rings. The molecular weight excluding hydrogens is 467 g/mol. The summed E-state index contributed by atoms with van der Waals surface area (Å²) in [6, 6.07) is 23.4. The lowest BCUT2D eigenvalue weighted by molar-refractivity contribution is 0.589. The van der Waals surface area contributed by atoms with E-state index in [1.807, 2.05) is 60.7 Å². The summed E-state index contributed by atoms with van der Waals surface area (Å²) in [6.45, 7) is 0. The average molecular weight is 483 g/mol. The Labute approximate surface area is 190 Å². The zero-order valence-corrected chi connectivity index (χ0v) is 18.9. The molecule has 0 saturated carbocycles. The third-order valence-corrected chi connectivity index (χ3v) is 7.33. The fraction of sp³-hybridized carbons (Fsp3) is 0. The first kappa shape index (κ1) is 22.0. The van der Waals surface area contributed by atoms with Gasteiger partial charge in [0, 0.05) is 16.7 Å². The second kappa shape index (κ2) is 9.89. The minimum absolute atomic E-state index is 0.327. The van der Waals surface area contributed by atoms with Crippen molar-refractivity contribution in [3.8, 4) is 0 Å². The molecule has 0 aliphatic rings. The van der Waals surface area contributed by atoms with Crippen molar-refractivity contribution in [2.24, 2.45) is 0 Å². The molecule has 0 aliphatic carbocycles. The van der Waals surface area contributed by atoms with Gasteiger partial charge in [-0.25, -0.2) is 0 Å². The first-order valence-corrected chi connectivity index (χ1v) is 11.9. The number of benzene rings is 3. The zero-order valence-electron chi connectivity index (χ0n) is 15.0. The molecule has 0 aromatic heterocycles. The molecule has 0 aliphatic heterocycles. The molecule has 0 amide bonds. The maximum absolute atomic E-state index is 13.9. The second-order valence-corrected chi connectivity index (χ2v) is 9.95. The maximum Gasteiger partial charge on any atom is 0.216 e. The number of rotatable bonds is 6. The van der Waals surface area contributed by atoms with Crippen molar-refractivity contribution in [2.75, 3.05) is 5.09 Å². The minimum Gasteiger partial charge on any atom is -0.329 e. The van der Waals surface area contributed by atoms with Gasteiger partial charge in [-0.15, -0.1) is 0 Å². The van der Waals surface area contributed by atoms with Crippen LogP contribution in [0.3, 0.4) is 0 Å². The SMILES string of the molecule is O=P(C=C(Cl)c1ccccc1)(/C=C(/Cl)c1ccccc1)Nc1cc(Cl)ccc1Cl. The first-order chi connectivity index (χ1) is 13.9. The van der Waals surface area contributed by atoms with Crippen molar-refractivity contribution in [3.63, 3.8) is 0 Å². The van der Waals surface area contributed by atoms with E-state index in [2.05, 4.69) is 5.09 Å². The van der Waals surface area contributed by atoms with Crippen molar-refractivity contribution in [1.29, 1.82) is 0 Å². The van der Waals surface area contributed by atoms with E-state index in [1.165, 1.54) is 11.6 Å². The summed E-state index contributed by atoms with van der Waals surface area (Å²) in [6.07, 6.45) is 0. The topological polar surface area (TPSA) is 29.1 Å². The van der Waals surface area contributed by atoms with Crippen LogP contribution < -0.4 is 5.09 Å². The fourth-order valence-corrected chi connectivity index (χ4v) is 5.82. The van der Waals surface area contributed by atoms with Crippen LogP contribution in [0.25, 0.3) is 10.1 Å². The first-order valence-electron chi connectivity index (χ1n) is 8.57. The third kappa shape index (κ3) is 6.15. The molecule has 3 aromatic rings. The quantitative estimate of drug-likeness (QED) is 0.355. The van der Waals surface area contributed by atoms with Gasteiger partial charge >= 0.3 is 0 Å². The molecule has 1 atom stereocenters.